The van der Waals surface area contributed by atoms with Crippen LogP contribution < -0.4 is 10.2 Å². The summed E-state index contributed by atoms with van der Waals surface area (Å²) in [6.07, 6.45) is 7.74. The molecule has 3 aliphatic rings. The molecule has 3 saturated carbocycles. The van der Waals surface area contributed by atoms with E-state index >= 15 is 0 Å². The minimum atomic E-state index is -1.53. The summed E-state index contributed by atoms with van der Waals surface area (Å²) in [4.78, 5) is 46.9. The van der Waals surface area contributed by atoms with E-state index in [-0.39, 0.29) is 24.3 Å². The van der Waals surface area contributed by atoms with Gasteiger partial charge >= 0.3 is 11.9 Å². The van der Waals surface area contributed by atoms with Crippen molar-refractivity contribution in [2.24, 2.45) is 40.4 Å². The fraction of sp³-hybridized carbons (Fsp3) is 0.857. The number of hydrogen-bond donors (Lipinski definition) is 0. The number of carboxylic acids is 2. The van der Waals surface area contributed by atoms with Crippen LogP contribution in [0.1, 0.15) is 91.9 Å². The van der Waals surface area contributed by atoms with Gasteiger partial charge in [-0.25, -0.2) is 4.90 Å². The molecular weight excluding hydrogens is 478 g/mol. The average molecular weight is 522 g/mol. The van der Waals surface area contributed by atoms with Crippen molar-refractivity contribution in [1.82, 2.24) is 4.90 Å². The number of hydrogen-bond acceptors (Lipinski definition) is 9. The lowest BCUT2D eigenvalue weighted by atomic mass is 9.43. The van der Waals surface area contributed by atoms with Crippen LogP contribution in [0.15, 0.2) is 0 Å². The van der Waals surface area contributed by atoms with Crippen LogP contribution in [-0.4, -0.2) is 48.8 Å². The average Bonchev–Trinajstić information content (AvgIpc) is 2.79. The van der Waals surface area contributed by atoms with Crippen LogP contribution in [-0.2, 0) is 28.7 Å². The summed E-state index contributed by atoms with van der Waals surface area (Å²) < 4.78 is 10.3. The first-order chi connectivity index (χ1) is 17.3. The fourth-order valence-electron chi connectivity index (χ4n) is 8.11. The molecule has 6 unspecified atom stereocenters. The number of esters is 2. The standard InChI is InChI=1S/C28H45NO8/c1-18(2)19-6-8-21-20(12-19)7-9-22-27(3,10-5-11-28(21,22)4)15-29(16-36-25(34)13-23(30)31)17-37-26(35)14-24(32)33/h18-22H,5-17H2,1-4H3,(H,30,31)(H,32,33)/p-2. The maximum Gasteiger partial charge on any atom is 0.312 e. The normalized spacial score (nSPS) is 33.4. The van der Waals surface area contributed by atoms with Gasteiger partial charge in [-0.05, 0) is 85.4 Å². The van der Waals surface area contributed by atoms with Gasteiger partial charge in [-0.3, -0.25) is 9.59 Å². The van der Waals surface area contributed by atoms with Gasteiger partial charge in [0.05, 0.1) is 24.8 Å². The monoisotopic (exact) mass is 521 g/mol. The summed E-state index contributed by atoms with van der Waals surface area (Å²) in [5.74, 6) is -1.51. The van der Waals surface area contributed by atoms with Gasteiger partial charge < -0.3 is 29.3 Å². The van der Waals surface area contributed by atoms with Crippen molar-refractivity contribution in [3.63, 3.8) is 0 Å². The Morgan fingerprint density at radius 1 is 0.892 bits per heavy atom. The van der Waals surface area contributed by atoms with Gasteiger partial charge in [-0.15, -0.1) is 0 Å². The number of aliphatic carboxylic acids is 2. The molecule has 0 heterocycles. The summed E-state index contributed by atoms with van der Waals surface area (Å²) >= 11 is 0. The predicted molar refractivity (Wildman–Crippen MR) is 130 cm³/mol. The maximum absolute atomic E-state index is 11.9. The lowest BCUT2D eigenvalue weighted by molar-refractivity contribution is -0.306. The number of ether oxygens (including phenoxy) is 2. The third-order valence-corrected chi connectivity index (χ3v) is 9.72. The van der Waals surface area contributed by atoms with Crippen molar-refractivity contribution in [1.29, 1.82) is 0 Å². The van der Waals surface area contributed by atoms with Crippen LogP contribution in [0.5, 0.6) is 0 Å². The van der Waals surface area contributed by atoms with Crippen molar-refractivity contribution in [2.45, 2.75) is 91.9 Å². The number of carboxylic acid groups (broad SMARTS) is 2. The van der Waals surface area contributed by atoms with Gasteiger partial charge in [0.25, 0.3) is 0 Å². The maximum atomic E-state index is 11.9. The van der Waals surface area contributed by atoms with Gasteiger partial charge in [-0.2, -0.15) is 0 Å². The third kappa shape index (κ3) is 7.24. The second-order valence-electron chi connectivity index (χ2n) is 12.5. The zero-order chi connectivity index (χ0) is 27.4. The van der Waals surface area contributed by atoms with Crippen molar-refractivity contribution in [3.8, 4) is 0 Å². The molecular formula is C28H43NO8-2. The number of fused-ring (bicyclic) bond motifs is 3. The number of rotatable bonds is 11. The van der Waals surface area contributed by atoms with E-state index in [1.165, 1.54) is 32.1 Å². The summed E-state index contributed by atoms with van der Waals surface area (Å²) in [5, 5.41) is 21.5. The topological polar surface area (TPSA) is 136 Å². The third-order valence-electron chi connectivity index (χ3n) is 9.72. The highest BCUT2D eigenvalue weighted by Gasteiger charge is 2.57. The molecule has 0 spiro atoms. The van der Waals surface area contributed by atoms with E-state index in [4.69, 9.17) is 9.47 Å². The summed E-state index contributed by atoms with van der Waals surface area (Å²) in [6, 6.07) is 0. The van der Waals surface area contributed by atoms with Crippen LogP contribution in [0, 0.1) is 40.4 Å². The lowest BCUT2D eigenvalue weighted by Crippen LogP contribution is -2.56. The van der Waals surface area contributed by atoms with E-state index < -0.39 is 36.7 Å². The van der Waals surface area contributed by atoms with Gasteiger partial charge in [-0.1, -0.05) is 34.1 Å². The van der Waals surface area contributed by atoms with Crippen LogP contribution in [0.2, 0.25) is 0 Å². The zero-order valence-corrected chi connectivity index (χ0v) is 22.8. The molecule has 9 heteroatoms. The Labute approximate surface area is 220 Å². The molecule has 3 aliphatic carbocycles. The largest absolute Gasteiger partial charge is 0.550 e. The van der Waals surface area contributed by atoms with Crippen LogP contribution >= 0.6 is 0 Å². The second kappa shape index (κ2) is 12.1. The molecule has 3 rings (SSSR count). The van der Waals surface area contributed by atoms with E-state index in [1.54, 1.807) is 4.90 Å². The van der Waals surface area contributed by atoms with Crippen LogP contribution in [0.25, 0.3) is 0 Å². The van der Waals surface area contributed by atoms with Crippen LogP contribution in [0.3, 0.4) is 0 Å². The summed E-state index contributed by atoms with van der Waals surface area (Å²) in [5.41, 5.74) is 0.0786. The molecule has 0 aromatic rings. The molecule has 0 amide bonds. The van der Waals surface area contributed by atoms with Gasteiger partial charge in [0.1, 0.15) is 13.5 Å². The van der Waals surface area contributed by atoms with E-state index in [2.05, 4.69) is 27.7 Å². The van der Waals surface area contributed by atoms with E-state index in [9.17, 15) is 29.4 Å². The summed E-state index contributed by atoms with van der Waals surface area (Å²) in [6.45, 7) is 9.36. The van der Waals surface area contributed by atoms with Crippen molar-refractivity contribution in [3.05, 3.63) is 0 Å². The highest BCUT2D eigenvalue weighted by atomic mass is 16.6. The van der Waals surface area contributed by atoms with Gasteiger partial charge in [0.15, 0.2) is 0 Å². The Morgan fingerprint density at radius 3 is 2.03 bits per heavy atom. The molecule has 0 aromatic carbocycles. The number of carbonyl (C=O) groups is 4. The Balaban J connectivity index is 1.73. The zero-order valence-electron chi connectivity index (χ0n) is 22.8. The number of nitrogens with zero attached hydrogens (tertiary/aromatic N) is 1. The molecule has 37 heavy (non-hydrogen) atoms. The minimum Gasteiger partial charge on any atom is -0.550 e. The molecule has 0 aliphatic heterocycles. The first kappa shape index (κ1) is 29.4. The second-order valence-corrected chi connectivity index (χ2v) is 12.5. The Hall–Kier alpha value is -2.16. The highest BCUT2D eigenvalue weighted by Crippen LogP contribution is 2.64. The van der Waals surface area contributed by atoms with Crippen molar-refractivity contribution >= 4 is 23.9 Å². The molecule has 0 saturated heterocycles. The van der Waals surface area contributed by atoms with Gasteiger partial charge in [0, 0.05) is 6.54 Å². The molecule has 0 bridgehead atoms. The first-order valence-electron chi connectivity index (χ1n) is 13.8. The SMILES string of the molecule is CC(C)C1CCC2C(CCC3C(C)(CN(COC(=O)CC(=O)[O-])COC(=O)CC(=O)[O-])CCCC23C)C1. The smallest absolute Gasteiger partial charge is 0.312 e. The highest BCUT2D eigenvalue weighted by molar-refractivity contribution is 5.89. The van der Waals surface area contributed by atoms with Crippen LogP contribution in [0.4, 0.5) is 0 Å². The minimum absolute atomic E-state index is 0.131. The molecule has 0 radical (unpaired) electrons. The molecule has 0 aromatic heterocycles. The molecule has 0 N–H and O–H groups in total. The van der Waals surface area contributed by atoms with Crippen molar-refractivity contribution in [2.75, 3.05) is 20.0 Å². The molecule has 210 valence electrons. The first-order valence-corrected chi connectivity index (χ1v) is 13.8. The Bertz CT molecular complexity index is 827. The molecule has 3 fully saturated rings. The van der Waals surface area contributed by atoms with E-state index in [0.717, 1.165) is 37.0 Å². The van der Waals surface area contributed by atoms with E-state index in [1.807, 2.05) is 0 Å². The van der Waals surface area contributed by atoms with Crippen molar-refractivity contribution < 1.29 is 38.9 Å². The Morgan fingerprint density at radius 2 is 1.49 bits per heavy atom. The number of carbonyl (C=O) groups excluding carboxylic acids is 4. The van der Waals surface area contributed by atoms with Gasteiger partial charge in [0.2, 0.25) is 0 Å². The summed E-state index contributed by atoms with van der Waals surface area (Å²) in [7, 11) is 0. The molecule has 9 nitrogen and oxygen atoms in total. The fourth-order valence-corrected chi connectivity index (χ4v) is 8.11. The lowest BCUT2D eigenvalue weighted by Gasteiger charge is -2.62. The Kier molecular flexibility index (Phi) is 9.64. The predicted octanol–water partition coefficient (Wildman–Crippen LogP) is 1.86. The quantitative estimate of drug-likeness (QED) is 0.227. The molecule has 6 atom stereocenters. The van der Waals surface area contributed by atoms with E-state index in [0.29, 0.717) is 18.4 Å².